The predicted molar refractivity (Wildman–Crippen MR) is 166 cm³/mol. The number of hydrogen-bond acceptors (Lipinski definition) is 4. The van der Waals surface area contributed by atoms with Gasteiger partial charge in [0, 0.05) is 39.2 Å². The summed E-state index contributed by atoms with van der Waals surface area (Å²) in [5.74, 6) is 0.721. The molecule has 6 rings (SSSR count). The number of rotatable bonds is 5. The SMILES string of the molecule is COc1ccccc1[C@@H]1CC(c2c(-c3ccccc3)c3cc(Cl)ccc3[nH]c2=O)=NN1C(=S)Nc1ccccc1. The van der Waals surface area contributed by atoms with E-state index in [9.17, 15) is 4.79 Å². The molecule has 1 aromatic heterocycles. The molecule has 0 fully saturated rings. The molecule has 1 aliphatic heterocycles. The third kappa shape index (κ3) is 4.85. The van der Waals surface area contributed by atoms with E-state index in [1.807, 2.05) is 97.1 Å². The Kier molecular flexibility index (Phi) is 7.07. The number of fused-ring (bicyclic) bond motifs is 1. The van der Waals surface area contributed by atoms with Gasteiger partial charge in [0.1, 0.15) is 5.75 Å². The van der Waals surface area contributed by atoms with Gasteiger partial charge in [0.05, 0.1) is 24.4 Å². The molecule has 2 heterocycles. The zero-order valence-electron chi connectivity index (χ0n) is 21.6. The van der Waals surface area contributed by atoms with Crippen LogP contribution in [0.25, 0.3) is 22.0 Å². The van der Waals surface area contributed by atoms with Crippen molar-refractivity contribution >= 4 is 51.2 Å². The normalized spacial score (nSPS) is 14.7. The van der Waals surface area contributed by atoms with Crippen LogP contribution in [0.4, 0.5) is 5.69 Å². The van der Waals surface area contributed by atoms with Gasteiger partial charge in [0.2, 0.25) is 0 Å². The summed E-state index contributed by atoms with van der Waals surface area (Å²) in [5, 5.41) is 11.9. The van der Waals surface area contributed by atoms with Crippen molar-refractivity contribution in [2.75, 3.05) is 12.4 Å². The first kappa shape index (κ1) is 25.8. The zero-order chi connectivity index (χ0) is 27.6. The lowest BCUT2D eigenvalue weighted by molar-refractivity contribution is 0.350. The monoisotopic (exact) mass is 564 g/mol. The molecule has 1 aliphatic rings. The Labute approximate surface area is 241 Å². The quantitative estimate of drug-likeness (QED) is 0.218. The number of benzene rings is 4. The van der Waals surface area contributed by atoms with Crippen molar-refractivity contribution in [2.24, 2.45) is 5.10 Å². The van der Waals surface area contributed by atoms with E-state index in [-0.39, 0.29) is 11.6 Å². The van der Waals surface area contributed by atoms with Crippen molar-refractivity contribution in [3.05, 3.63) is 130 Å². The fraction of sp³-hybridized carbons (Fsp3) is 0.0938. The standard InChI is InChI=1S/C32H25ClN4O2S/c1-39-28-15-9-8-14-23(28)27-19-26(36-37(27)32(40)34-22-12-6-3-7-13-22)30-29(20-10-4-2-5-11-20)24-18-21(33)16-17-25(24)35-31(30)38/h2-18,27H,19H2,1H3,(H,34,40)(H,35,38)/t27-/m0/s1. The van der Waals surface area contributed by atoms with Gasteiger partial charge >= 0.3 is 0 Å². The van der Waals surface area contributed by atoms with Crippen LogP contribution >= 0.6 is 23.8 Å². The van der Waals surface area contributed by atoms with Crippen LogP contribution in [0.2, 0.25) is 5.02 Å². The highest BCUT2D eigenvalue weighted by Crippen LogP contribution is 2.40. The number of para-hydroxylation sites is 2. The molecule has 6 nitrogen and oxygen atoms in total. The molecule has 0 aliphatic carbocycles. The van der Waals surface area contributed by atoms with Crippen LogP contribution < -0.4 is 15.6 Å². The second-order valence-corrected chi connectivity index (χ2v) is 10.2. The first-order chi connectivity index (χ1) is 19.5. The Hall–Kier alpha value is -4.46. The molecule has 0 bridgehead atoms. The van der Waals surface area contributed by atoms with Crippen molar-refractivity contribution in [2.45, 2.75) is 12.5 Å². The molecule has 40 heavy (non-hydrogen) atoms. The number of aromatic nitrogens is 1. The maximum Gasteiger partial charge on any atom is 0.258 e. The molecule has 0 amide bonds. The van der Waals surface area contributed by atoms with Gasteiger partial charge in [-0.25, -0.2) is 5.01 Å². The molecule has 0 saturated carbocycles. The van der Waals surface area contributed by atoms with Crippen LogP contribution in [0.3, 0.4) is 0 Å². The number of ether oxygens (including phenoxy) is 1. The van der Waals surface area contributed by atoms with E-state index in [0.717, 1.165) is 33.5 Å². The highest BCUT2D eigenvalue weighted by atomic mass is 35.5. The molecular weight excluding hydrogens is 540 g/mol. The third-order valence-corrected chi connectivity index (χ3v) is 7.49. The van der Waals surface area contributed by atoms with Gasteiger partial charge in [-0.3, -0.25) is 4.79 Å². The molecule has 4 aromatic carbocycles. The molecule has 0 spiro atoms. The largest absolute Gasteiger partial charge is 0.496 e. The predicted octanol–water partition coefficient (Wildman–Crippen LogP) is 7.41. The topological polar surface area (TPSA) is 69.7 Å². The Morgan fingerprint density at radius 3 is 2.42 bits per heavy atom. The van der Waals surface area contributed by atoms with Crippen molar-refractivity contribution < 1.29 is 4.74 Å². The smallest absolute Gasteiger partial charge is 0.258 e. The minimum atomic E-state index is -0.298. The molecular formula is C32H25ClN4O2S. The lowest BCUT2D eigenvalue weighted by atomic mass is 9.91. The van der Waals surface area contributed by atoms with Crippen molar-refractivity contribution in [1.82, 2.24) is 9.99 Å². The number of pyridine rings is 1. The van der Waals surface area contributed by atoms with Crippen LogP contribution in [0.1, 0.15) is 23.6 Å². The zero-order valence-corrected chi connectivity index (χ0v) is 23.2. The summed E-state index contributed by atoms with van der Waals surface area (Å²) >= 11 is 12.3. The lowest BCUT2D eigenvalue weighted by Crippen LogP contribution is -2.31. The van der Waals surface area contributed by atoms with Crippen LogP contribution in [-0.4, -0.2) is 27.9 Å². The number of hydrazone groups is 1. The van der Waals surface area contributed by atoms with E-state index in [4.69, 9.17) is 33.7 Å². The Morgan fingerprint density at radius 1 is 0.975 bits per heavy atom. The van der Waals surface area contributed by atoms with Gasteiger partial charge in [-0.05, 0) is 54.2 Å². The first-order valence-electron chi connectivity index (χ1n) is 12.8. The molecule has 0 radical (unpaired) electrons. The summed E-state index contributed by atoms with van der Waals surface area (Å²) in [6, 6.07) is 32.5. The maximum atomic E-state index is 13.8. The number of methoxy groups -OCH3 is 1. The van der Waals surface area contributed by atoms with E-state index < -0.39 is 0 Å². The summed E-state index contributed by atoms with van der Waals surface area (Å²) in [5.41, 5.74) is 5.03. The fourth-order valence-electron chi connectivity index (χ4n) is 5.18. The van der Waals surface area contributed by atoms with E-state index >= 15 is 0 Å². The Morgan fingerprint density at radius 2 is 1.68 bits per heavy atom. The number of nitrogens with one attached hydrogen (secondary N) is 2. The van der Waals surface area contributed by atoms with Crippen LogP contribution in [0.15, 0.2) is 113 Å². The average Bonchev–Trinajstić information content (AvgIpc) is 3.42. The fourth-order valence-corrected chi connectivity index (χ4v) is 5.64. The highest BCUT2D eigenvalue weighted by molar-refractivity contribution is 7.80. The Bertz CT molecular complexity index is 1810. The summed E-state index contributed by atoms with van der Waals surface area (Å²) < 4.78 is 5.71. The van der Waals surface area contributed by atoms with Gasteiger partial charge in [-0.15, -0.1) is 0 Å². The molecule has 8 heteroatoms. The highest BCUT2D eigenvalue weighted by Gasteiger charge is 2.35. The van der Waals surface area contributed by atoms with Gasteiger partial charge in [-0.2, -0.15) is 5.10 Å². The van der Waals surface area contributed by atoms with Gasteiger partial charge < -0.3 is 15.0 Å². The first-order valence-corrected chi connectivity index (χ1v) is 13.6. The minimum Gasteiger partial charge on any atom is -0.496 e. The molecule has 0 saturated heterocycles. The number of halogens is 1. The minimum absolute atomic E-state index is 0.227. The third-order valence-electron chi connectivity index (χ3n) is 6.97. The van der Waals surface area contributed by atoms with Gasteiger partial charge in [0.15, 0.2) is 5.11 Å². The van der Waals surface area contributed by atoms with E-state index in [0.29, 0.717) is 33.3 Å². The molecule has 1 atom stereocenters. The number of nitrogens with zero attached hydrogens (tertiary/aromatic N) is 2. The van der Waals surface area contributed by atoms with E-state index in [1.54, 1.807) is 18.2 Å². The van der Waals surface area contributed by atoms with Crippen molar-refractivity contribution in [1.29, 1.82) is 0 Å². The van der Waals surface area contributed by atoms with Crippen LogP contribution in [0, 0.1) is 0 Å². The number of H-pyrrole nitrogens is 1. The van der Waals surface area contributed by atoms with Gasteiger partial charge in [-0.1, -0.05) is 78.3 Å². The second-order valence-electron chi connectivity index (χ2n) is 9.41. The summed E-state index contributed by atoms with van der Waals surface area (Å²) in [7, 11) is 1.64. The lowest BCUT2D eigenvalue weighted by Gasteiger charge is -2.26. The number of hydrogen-bond donors (Lipinski definition) is 2. The number of thiocarbonyl (C=S) groups is 1. The molecule has 5 aromatic rings. The van der Waals surface area contributed by atoms with Gasteiger partial charge in [0.25, 0.3) is 5.56 Å². The maximum absolute atomic E-state index is 13.8. The molecule has 198 valence electrons. The molecule has 0 unspecified atom stereocenters. The van der Waals surface area contributed by atoms with Crippen molar-refractivity contribution in [3.63, 3.8) is 0 Å². The number of anilines is 1. The second kappa shape index (κ2) is 11.0. The van der Waals surface area contributed by atoms with Crippen LogP contribution in [-0.2, 0) is 0 Å². The summed E-state index contributed by atoms with van der Waals surface area (Å²) in [6.45, 7) is 0. The van der Waals surface area contributed by atoms with E-state index in [2.05, 4.69) is 10.3 Å². The average molecular weight is 565 g/mol. The van der Waals surface area contributed by atoms with Crippen molar-refractivity contribution in [3.8, 4) is 16.9 Å². The van der Waals surface area contributed by atoms with Crippen LogP contribution in [0.5, 0.6) is 5.75 Å². The molecule has 2 N–H and O–H groups in total. The Balaban J connectivity index is 1.54. The van der Waals surface area contributed by atoms with E-state index in [1.165, 1.54) is 0 Å². The summed E-state index contributed by atoms with van der Waals surface area (Å²) in [6.07, 6.45) is 0.436. The number of aromatic amines is 1. The summed E-state index contributed by atoms with van der Waals surface area (Å²) in [4.78, 5) is 16.8.